The molecule has 0 aliphatic heterocycles. The number of hydrogen-bond donors (Lipinski definition) is 0. The van der Waals surface area contributed by atoms with Gasteiger partial charge >= 0.3 is 6.16 Å². The summed E-state index contributed by atoms with van der Waals surface area (Å²) in [5.41, 5.74) is 2.27. The number of rotatable bonds is 3. The molecule has 0 saturated heterocycles. The van der Waals surface area contributed by atoms with E-state index in [2.05, 4.69) is 17.7 Å². The van der Waals surface area contributed by atoms with Crippen molar-refractivity contribution in [1.29, 1.82) is 0 Å². The molecule has 0 N–H and O–H groups in total. The highest BCUT2D eigenvalue weighted by Gasteiger charge is 2.08. The number of methoxy groups -OCH3 is 1. The molecule has 3 nitrogen and oxygen atoms in total. The Morgan fingerprint density at radius 3 is 2.53 bits per heavy atom. The number of carbonyl (C=O) groups is 1. The molecule has 0 fully saturated rings. The van der Waals surface area contributed by atoms with Crippen LogP contribution in [0.25, 0.3) is 0 Å². The standard InChI is InChI=1S/C12H16O3/c1-4-9-6-7-11(10(5-2)8-9)15-12(13)14-3/h6-8H,4-5H2,1-3H3. The third kappa shape index (κ3) is 2.98. The summed E-state index contributed by atoms with van der Waals surface area (Å²) < 4.78 is 9.47. The largest absolute Gasteiger partial charge is 0.513 e. The number of benzene rings is 1. The van der Waals surface area contributed by atoms with Crippen LogP contribution in [0.4, 0.5) is 4.79 Å². The van der Waals surface area contributed by atoms with Crippen LogP contribution in [0.5, 0.6) is 5.75 Å². The fraction of sp³-hybridized carbons (Fsp3) is 0.417. The van der Waals surface area contributed by atoms with Gasteiger partial charge in [0, 0.05) is 0 Å². The molecule has 3 heteroatoms. The Morgan fingerprint density at radius 1 is 1.27 bits per heavy atom. The first-order chi connectivity index (χ1) is 7.21. The van der Waals surface area contributed by atoms with E-state index in [9.17, 15) is 4.79 Å². The van der Waals surface area contributed by atoms with Crippen LogP contribution in [-0.4, -0.2) is 13.3 Å². The van der Waals surface area contributed by atoms with E-state index in [-0.39, 0.29) is 0 Å². The summed E-state index contributed by atoms with van der Waals surface area (Å²) >= 11 is 0. The Labute approximate surface area is 90.0 Å². The molecular weight excluding hydrogens is 192 g/mol. The maximum absolute atomic E-state index is 11.0. The van der Waals surface area contributed by atoms with Crippen molar-refractivity contribution in [2.45, 2.75) is 26.7 Å². The summed E-state index contributed by atoms with van der Waals surface area (Å²) in [5.74, 6) is 0.585. The molecule has 0 aliphatic carbocycles. The Kier molecular flexibility index (Phi) is 4.16. The van der Waals surface area contributed by atoms with Gasteiger partial charge in [-0.2, -0.15) is 0 Å². The van der Waals surface area contributed by atoms with Crippen molar-refractivity contribution in [1.82, 2.24) is 0 Å². The van der Waals surface area contributed by atoms with Crippen LogP contribution in [0.15, 0.2) is 18.2 Å². The minimum Gasteiger partial charge on any atom is -0.437 e. The molecule has 0 heterocycles. The third-order valence-electron chi connectivity index (χ3n) is 2.27. The lowest BCUT2D eigenvalue weighted by molar-refractivity contribution is 0.121. The van der Waals surface area contributed by atoms with Gasteiger partial charge in [0.1, 0.15) is 5.75 Å². The van der Waals surface area contributed by atoms with Crippen molar-refractivity contribution >= 4 is 6.16 Å². The molecule has 15 heavy (non-hydrogen) atoms. The lowest BCUT2D eigenvalue weighted by Crippen LogP contribution is -2.08. The van der Waals surface area contributed by atoms with Crippen LogP contribution < -0.4 is 4.74 Å². The minimum absolute atomic E-state index is 0.585. The lowest BCUT2D eigenvalue weighted by Gasteiger charge is -2.09. The summed E-state index contributed by atoms with van der Waals surface area (Å²) in [6.07, 6.45) is 1.14. The van der Waals surface area contributed by atoms with E-state index in [0.29, 0.717) is 5.75 Å². The molecule has 0 amide bonds. The van der Waals surface area contributed by atoms with Crippen molar-refractivity contribution in [2.24, 2.45) is 0 Å². The minimum atomic E-state index is -0.672. The van der Waals surface area contributed by atoms with Crippen LogP contribution >= 0.6 is 0 Å². The molecule has 0 spiro atoms. The van der Waals surface area contributed by atoms with Crippen LogP contribution in [0, 0.1) is 0 Å². The van der Waals surface area contributed by atoms with Crippen LogP contribution in [0.1, 0.15) is 25.0 Å². The summed E-state index contributed by atoms with van der Waals surface area (Å²) in [4.78, 5) is 11.0. The first-order valence-electron chi connectivity index (χ1n) is 5.08. The van der Waals surface area contributed by atoms with Gasteiger partial charge in [0.05, 0.1) is 7.11 Å². The third-order valence-corrected chi connectivity index (χ3v) is 2.27. The molecule has 0 atom stereocenters. The second-order valence-electron chi connectivity index (χ2n) is 3.21. The van der Waals surface area contributed by atoms with Crippen molar-refractivity contribution < 1.29 is 14.3 Å². The van der Waals surface area contributed by atoms with Crippen LogP contribution in [0.2, 0.25) is 0 Å². The molecule has 0 unspecified atom stereocenters. The van der Waals surface area contributed by atoms with E-state index >= 15 is 0 Å². The molecule has 1 aromatic rings. The zero-order valence-corrected chi connectivity index (χ0v) is 9.37. The average Bonchev–Trinajstić information content (AvgIpc) is 2.29. The Bertz CT molecular complexity index is 345. The van der Waals surface area contributed by atoms with E-state index in [1.54, 1.807) is 0 Å². The van der Waals surface area contributed by atoms with E-state index < -0.39 is 6.16 Å². The maximum Gasteiger partial charge on any atom is 0.513 e. The number of ether oxygens (including phenoxy) is 2. The number of aryl methyl sites for hydroxylation is 2. The molecule has 0 bridgehead atoms. The molecule has 0 saturated carbocycles. The second-order valence-corrected chi connectivity index (χ2v) is 3.21. The Balaban J connectivity index is 2.92. The molecule has 0 aromatic heterocycles. The molecular formula is C12H16O3. The topological polar surface area (TPSA) is 35.5 Å². The highest BCUT2D eigenvalue weighted by molar-refractivity contribution is 5.64. The predicted octanol–water partition coefficient (Wildman–Crippen LogP) is 2.96. The van der Waals surface area contributed by atoms with Crippen molar-refractivity contribution in [2.75, 3.05) is 7.11 Å². The summed E-state index contributed by atoms with van der Waals surface area (Å²) in [6, 6.07) is 5.82. The quantitative estimate of drug-likeness (QED) is 0.566. The predicted molar refractivity (Wildman–Crippen MR) is 58.2 cm³/mol. The van der Waals surface area contributed by atoms with Gasteiger partial charge in [0.15, 0.2) is 0 Å². The smallest absolute Gasteiger partial charge is 0.437 e. The van der Waals surface area contributed by atoms with Crippen LogP contribution in [0.3, 0.4) is 0 Å². The van der Waals surface area contributed by atoms with Crippen molar-refractivity contribution in [3.63, 3.8) is 0 Å². The van der Waals surface area contributed by atoms with Gasteiger partial charge in [-0.3, -0.25) is 0 Å². The average molecular weight is 208 g/mol. The maximum atomic E-state index is 11.0. The van der Waals surface area contributed by atoms with Gasteiger partial charge < -0.3 is 9.47 Å². The lowest BCUT2D eigenvalue weighted by atomic mass is 10.1. The molecule has 0 radical (unpaired) electrons. The van der Waals surface area contributed by atoms with E-state index in [0.717, 1.165) is 18.4 Å². The normalized spacial score (nSPS) is 9.80. The molecule has 82 valence electrons. The highest BCUT2D eigenvalue weighted by Crippen LogP contribution is 2.21. The van der Waals surface area contributed by atoms with Gasteiger partial charge in [-0.15, -0.1) is 0 Å². The molecule has 1 aromatic carbocycles. The Hall–Kier alpha value is -1.51. The number of carbonyl (C=O) groups excluding carboxylic acids is 1. The van der Waals surface area contributed by atoms with Gasteiger partial charge in [-0.1, -0.05) is 26.0 Å². The van der Waals surface area contributed by atoms with Crippen molar-refractivity contribution in [3.8, 4) is 5.75 Å². The summed E-state index contributed by atoms with van der Waals surface area (Å²) in [6.45, 7) is 4.12. The number of hydrogen-bond acceptors (Lipinski definition) is 3. The zero-order chi connectivity index (χ0) is 11.3. The second kappa shape index (κ2) is 5.39. The SMILES string of the molecule is CCc1ccc(OC(=O)OC)c(CC)c1. The van der Waals surface area contributed by atoms with E-state index in [1.165, 1.54) is 12.7 Å². The molecule has 1 rings (SSSR count). The first kappa shape index (κ1) is 11.6. The van der Waals surface area contributed by atoms with Gasteiger partial charge in [0.2, 0.25) is 0 Å². The van der Waals surface area contributed by atoms with Gasteiger partial charge in [-0.05, 0) is 30.0 Å². The Morgan fingerprint density at radius 2 is 2.00 bits per heavy atom. The fourth-order valence-corrected chi connectivity index (χ4v) is 1.36. The summed E-state index contributed by atoms with van der Waals surface area (Å²) in [7, 11) is 1.30. The van der Waals surface area contributed by atoms with E-state index in [1.807, 2.05) is 19.1 Å². The van der Waals surface area contributed by atoms with Gasteiger partial charge in [-0.25, -0.2) is 4.79 Å². The zero-order valence-electron chi connectivity index (χ0n) is 9.37. The first-order valence-corrected chi connectivity index (χ1v) is 5.08. The highest BCUT2D eigenvalue weighted by atomic mass is 16.7. The molecule has 0 aliphatic rings. The van der Waals surface area contributed by atoms with Gasteiger partial charge in [0.25, 0.3) is 0 Å². The van der Waals surface area contributed by atoms with Crippen molar-refractivity contribution in [3.05, 3.63) is 29.3 Å². The monoisotopic (exact) mass is 208 g/mol. The fourth-order valence-electron chi connectivity index (χ4n) is 1.36. The van der Waals surface area contributed by atoms with Crippen LogP contribution in [-0.2, 0) is 17.6 Å². The van der Waals surface area contributed by atoms with E-state index in [4.69, 9.17) is 4.74 Å². The summed E-state index contributed by atoms with van der Waals surface area (Å²) in [5, 5.41) is 0.